The number of carbonyl (C=O) groups excluding carboxylic acids is 1. The molecule has 0 spiro atoms. The number of nitrogens with one attached hydrogen (secondary N) is 2. The van der Waals surface area contributed by atoms with Crippen LogP contribution in [0.4, 0.5) is 0 Å². The van der Waals surface area contributed by atoms with Gasteiger partial charge in [0.05, 0.1) is 0 Å². The first-order chi connectivity index (χ1) is 10.3. The Morgan fingerprint density at radius 1 is 0.857 bits per heavy atom. The lowest BCUT2D eigenvalue weighted by Crippen LogP contribution is -2.44. The highest BCUT2D eigenvalue weighted by atomic mass is 16.1. The van der Waals surface area contributed by atoms with Gasteiger partial charge in [-0.1, -0.05) is 39.0 Å². The molecule has 21 heavy (non-hydrogen) atoms. The van der Waals surface area contributed by atoms with Crippen LogP contribution in [0.3, 0.4) is 0 Å². The third-order valence-corrected chi connectivity index (χ3v) is 5.23. The Labute approximate surface area is 130 Å². The van der Waals surface area contributed by atoms with E-state index in [-0.39, 0.29) is 0 Å². The van der Waals surface area contributed by atoms with E-state index in [4.69, 9.17) is 0 Å². The maximum Gasteiger partial charge on any atom is 0.223 e. The summed E-state index contributed by atoms with van der Waals surface area (Å²) in [6.45, 7) is 3.34. The first kappa shape index (κ1) is 16.8. The monoisotopic (exact) mass is 294 g/mol. The number of hydrogen-bond acceptors (Lipinski definition) is 2. The average Bonchev–Trinajstić information content (AvgIpc) is 2.46. The lowest BCUT2D eigenvalue weighted by atomic mass is 9.88. The lowest BCUT2D eigenvalue weighted by molar-refractivity contribution is -0.126. The van der Waals surface area contributed by atoms with Gasteiger partial charge in [-0.05, 0) is 51.5 Å². The zero-order valence-electron chi connectivity index (χ0n) is 13.8. The van der Waals surface area contributed by atoms with Gasteiger partial charge in [-0.15, -0.1) is 0 Å². The van der Waals surface area contributed by atoms with Crippen molar-refractivity contribution in [3.8, 4) is 0 Å². The van der Waals surface area contributed by atoms with Crippen LogP contribution in [0.15, 0.2) is 0 Å². The quantitative estimate of drug-likeness (QED) is 0.810. The Kier molecular flexibility index (Phi) is 7.56. The van der Waals surface area contributed by atoms with Gasteiger partial charge in [-0.25, -0.2) is 0 Å². The van der Waals surface area contributed by atoms with Crippen LogP contribution >= 0.6 is 0 Å². The van der Waals surface area contributed by atoms with Gasteiger partial charge in [0, 0.05) is 18.0 Å². The van der Waals surface area contributed by atoms with E-state index >= 15 is 0 Å². The Morgan fingerprint density at radius 3 is 2.05 bits per heavy atom. The molecule has 0 unspecified atom stereocenters. The Balaban J connectivity index is 1.68. The summed E-state index contributed by atoms with van der Waals surface area (Å²) in [5, 5.41) is 6.96. The van der Waals surface area contributed by atoms with Gasteiger partial charge < -0.3 is 10.6 Å². The summed E-state index contributed by atoms with van der Waals surface area (Å²) >= 11 is 0. The highest BCUT2D eigenvalue weighted by Gasteiger charge is 2.25. The van der Waals surface area contributed by atoms with Crippen LogP contribution in [0.5, 0.6) is 0 Å². The van der Waals surface area contributed by atoms with E-state index in [0.29, 0.717) is 23.9 Å². The van der Waals surface area contributed by atoms with Crippen LogP contribution in [-0.2, 0) is 4.79 Å². The zero-order valence-corrected chi connectivity index (χ0v) is 13.8. The van der Waals surface area contributed by atoms with Crippen LogP contribution in [0.25, 0.3) is 0 Å². The molecule has 3 nitrogen and oxygen atoms in total. The highest BCUT2D eigenvalue weighted by molar-refractivity contribution is 5.78. The summed E-state index contributed by atoms with van der Waals surface area (Å²) in [7, 11) is 0. The van der Waals surface area contributed by atoms with E-state index in [0.717, 1.165) is 32.2 Å². The maximum absolute atomic E-state index is 12.5. The van der Waals surface area contributed by atoms with Gasteiger partial charge in [-0.3, -0.25) is 4.79 Å². The largest absolute Gasteiger partial charge is 0.353 e. The molecule has 0 radical (unpaired) electrons. The molecule has 0 aliphatic heterocycles. The molecule has 2 N–H and O–H groups in total. The SMILES string of the molecule is CCCNC1CCC(NC(=O)C2CCCCCCC2)CC1. The first-order valence-corrected chi connectivity index (χ1v) is 9.33. The Bertz CT molecular complexity index is 290. The van der Waals surface area contributed by atoms with Crippen molar-refractivity contribution in [1.29, 1.82) is 0 Å². The molecule has 122 valence electrons. The Hall–Kier alpha value is -0.570. The first-order valence-electron chi connectivity index (χ1n) is 9.33. The molecule has 2 rings (SSSR count). The molecule has 0 aromatic carbocycles. The molecule has 2 saturated carbocycles. The molecule has 0 aromatic rings. The molecule has 2 fully saturated rings. The van der Waals surface area contributed by atoms with E-state index in [9.17, 15) is 4.79 Å². The summed E-state index contributed by atoms with van der Waals surface area (Å²) in [4.78, 5) is 12.5. The second-order valence-corrected chi connectivity index (χ2v) is 7.05. The summed E-state index contributed by atoms with van der Waals surface area (Å²) in [6, 6.07) is 1.11. The molecular weight excluding hydrogens is 260 g/mol. The maximum atomic E-state index is 12.5. The van der Waals surface area contributed by atoms with Crippen LogP contribution in [0, 0.1) is 5.92 Å². The number of amides is 1. The van der Waals surface area contributed by atoms with Crippen LogP contribution in [0.1, 0.15) is 84.0 Å². The van der Waals surface area contributed by atoms with Gasteiger partial charge in [0.15, 0.2) is 0 Å². The van der Waals surface area contributed by atoms with Crippen molar-refractivity contribution in [2.24, 2.45) is 5.92 Å². The smallest absolute Gasteiger partial charge is 0.223 e. The van der Waals surface area contributed by atoms with Crippen molar-refractivity contribution in [1.82, 2.24) is 10.6 Å². The average molecular weight is 294 g/mol. The molecule has 2 aliphatic rings. The molecular formula is C18H34N2O. The minimum Gasteiger partial charge on any atom is -0.353 e. The zero-order chi connectivity index (χ0) is 14.9. The van der Waals surface area contributed by atoms with Gasteiger partial charge in [0.1, 0.15) is 0 Å². The molecule has 0 atom stereocenters. The van der Waals surface area contributed by atoms with Crippen molar-refractivity contribution < 1.29 is 4.79 Å². The normalized spacial score (nSPS) is 28.6. The van der Waals surface area contributed by atoms with Gasteiger partial charge in [-0.2, -0.15) is 0 Å². The van der Waals surface area contributed by atoms with Gasteiger partial charge in [0.25, 0.3) is 0 Å². The van der Waals surface area contributed by atoms with Crippen molar-refractivity contribution in [3.05, 3.63) is 0 Å². The summed E-state index contributed by atoms with van der Waals surface area (Å²) in [5.41, 5.74) is 0. The van der Waals surface area contributed by atoms with Gasteiger partial charge >= 0.3 is 0 Å². The molecule has 3 heteroatoms. The summed E-state index contributed by atoms with van der Waals surface area (Å²) in [5.74, 6) is 0.642. The van der Waals surface area contributed by atoms with E-state index in [1.807, 2.05) is 0 Å². The Morgan fingerprint density at radius 2 is 1.43 bits per heavy atom. The fourth-order valence-corrected chi connectivity index (χ4v) is 3.83. The van der Waals surface area contributed by atoms with E-state index in [1.165, 1.54) is 51.4 Å². The van der Waals surface area contributed by atoms with Crippen molar-refractivity contribution in [2.45, 2.75) is 96.1 Å². The third kappa shape index (κ3) is 5.98. The molecule has 0 bridgehead atoms. The predicted molar refractivity (Wildman–Crippen MR) is 88.3 cm³/mol. The molecule has 0 saturated heterocycles. The lowest BCUT2D eigenvalue weighted by Gasteiger charge is -2.31. The fraction of sp³-hybridized carbons (Fsp3) is 0.944. The van der Waals surface area contributed by atoms with E-state index < -0.39 is 0 Å². The molecule has 1 amide bonds. The molecule has 0 aromatic heterocycles. The number of rotatable bonds is 5. The van der Waals surface area contributed by atoms with Crippen molar-refractivity contribution in [2.75, 3.05) is 6.54 Å². The summed E-state index contributed by atoms with van der Waals surface area (Å²) in [6.07, 6.45) is 14.7. The predicted octanol–water partition coefficient (Wildman–Crippen LogP) is 3.77. The van der Waals surface area contributed by atoms with Crippen LogP contribution in [-0.4, -0.2) is 24.5 Å². The minimum atomic E-state index is 0.293. The minimum absolute atomic E-state index is 0.293. The molecule has 0 heterocycles. The highest BCUT2D eigenvalue weighted by Crippen LogP contribution is 2.24. The second kappa shape index (κ2) is 9.45. The van der Waals surface area contributed by atoms with Crippen molar-refractivity contribution in [3.63, 3.8) is 0 Å². The fourth-order valence-electron chi connectivity index (χ4n) is 3.83. The second-order valence-electron chi connectivity index (χ2n) is 7.05. The van der Waals surface area contributed by atoms with E-state index in [2.05, 4.69) is 17.6 Å². The van der Waals surface area contributed by atoms with E-state index in [1.54, 1.807) is 0 Å². The number of carbonyl (C=O) groups is 1. The topological polar surface area (TPSA) is 41.1 Å². The molecule has 2 aliphatic carbocycles. The number of hydrogen-bond donors (Lipinski definition) is 2. The summed E-state index contributed by atoms with van der Waals surface area (Å²) < 4.78 is 0. The van der Waals surface area contributed by atoms with Crippen LogP contribution < -0.4 is 10.6 Å². The van der Waals surface area contributed by atoms with Crippen LogP contribution in [0.2, 0.25) is 0 Å². The van der Waals surface area contributed by atoms with Crippen molar-refractivity contribution >= 4 is 5.91 Å². The third-order valence-electron chi connectivity index (χ3n) is 5.23. The standard InChI is InChI=1S/C18H34N2O/c1-2-14-19-16-10-12-17(13-11-16)20-18(21)15-8-6-4-3-5-7-9-15/h15-17,19H,2-14H2,1H3,(H,20,21). The van der Waals surface area contributed by atoms with Gasteiger partial charge in [0.2, 0.25) is 5.91 Å².